The fourth-order valence-electron chi connectivity index (χ4n) is 2.79. The molecule has 0 saturated heterocycles. The SMILES string of the molecule is CC(=O)Nc1ccc2c(c1NC(C)=O)C(=O)c1ccccc1C2=O. The summed E-state index contributed by atoms with van der Waals surface area (Å²) in [6, 6.07) is 9.52. The number of rotatable bonds is 2. The molecule has 0 spiro atoms. The molecule has 1 aliphatic carbocycles. The number of nitrogens with one attached hydrogen (secondary N) is 2. The molecule has 0 bridgehead atoms. The second-order valence-electron chi connectivity index (χ2n) is 5.48. The number of benzene rings is 2. The van der Waals surface area contributed by atoms with Crippen molar-refractivity contribution in [1.82, 2.24) is 0 Å². The number of ketones is 2. The van der Waals surface area contributed by atoms with Crippen LogP contribution in [-0.2, 0) is 9.59 Å². The Bertz CT molecular complexity index is 915. The lowest BCUT2D eigenvalue weighted by Crippen LogP contribution is -2.24. The molecule has 0 aliphatic heterocycles. The first-order valence-electron chi connectivity index (χ1n) is 7.30. The molecule has 2 N–H and O–H groups in total. The summed E-state index contributed by atoms with van der Waals surface area (Å²) in [5, 5.41) is 5.13. The summed E-state index contributed by atoms with van der Waals surface area (Å²) in [6.45, 7) is 2.61. The van der Waals surface area contributed by atoms with Gasteiger partial charge in [-0.2, -0.15) is 0 Å². The van der Waals surface area contributed by atoms with Crippen LogP contribution in [0.5, 0.6) is 0 Å². The fourth-order valence-corrected chi connectivity index (χ4v) is 2.79. The number of carbonyl (C=O) groups excluding carboxylic acids is 4. The maximum atomic E-state index is 12.9. The van der Waals surface area contributed by atoms with Crippen molar-refractivity contribution >= 4 is 34.8 Å². The Hall–Kier alpha value is -3.28. The van der Waals surface area contributed by atoms with E-state index in [2.05, 4.69) is 10.6 Å². The molecule has 6 nitrogen and oxygen atoms in total. The Balaban J connectivity index is 2.27. The largest absolute Gasteiger partial charge is 0.325 e. The average molecular weight is 322 g/mol. The molecule has 0 unspecified atom stereocenters. The van der Waals surface area contributed by atoms with Gasteiger partial charge >= 0.3 is 0 Å². The molecule has 2 amide bonds. The van der Waals surface area contributed by atoms with E-state index in [1.165, 1.54) is 26.0 Å². The van der Waals surface area contributed by atoms with Gasteiger partial charge in [0.05, 0.1) is 16.9 Å². The maximum Gasteiger partial charge on any atom is 0.221 e. The van der Waals surface area contributed by atoms with Crippen LogP contribution >= 0.6 is 0 Å². The predicted octanol–water partition coefficient (Wildman–Crippen LogP) is 2.38. The van der Waals surface area contributed by atoms with Gasteiger partial charge in [-0.25, -0.2) is 0 Å². The van der Waals surface area contributed by atoms with Crippen LogP contribution in [-0.4, -0.2) is 23.4 Å². The zero-order valence-electron chi connectivity index (χ0n) is 13.1. The summed E-state index contributed by atoms with van der Waals surface area (Å²) in [4.78, 5) is 48.5. The smallest absolute Gasteiger partial charge is 0.221 e. The molecule has 0 radical (unpaired) electrons. The topological polar surface area (TPSA) is 92.3 Å². The van der Waals surface area contributed by atoms with E-state index >= 15 is 0 Å². The first kappa shape index (κ1) is 15.6. The first-order chi connectivity index (χ1) is 11.4. The molecule has 2 aromatic rings. The lowest BCUT2D eigenvalue weighted by atomic mass is 9.83. The Morgan fingerprint density at radius 2 is 1.33 bits per heavy atom. The van der Waals surface area contributed by atoms with E-state index in [0.717, 1.165) is 0 Å². The Labute approximate surface area is 137 Å². The van der Waals surface area contributed by atoms with Crippen LogP contribution in [0.1, 0.15) is 45.7 Å². The van der Waals surface area contributed by atoms with E-state index in [1.54, 1.807) is 24.3 Å². The van der Waals surface area contributed by atoms with Gasteiger partial charge in [-0.15, -0.1) is 0 Å². The third kappa shape index (κ3) is 2.48. The van der Waals surface area contributed by atoms with Crippen molar-refractivity contribution in [1.29, 1.82) is 0 Å². The van der Waals surface area contributed by atoms with Gasteiger partial charge in [0.15, 0.2) is 11.6 Å². The summed E-state index contributed by atoms with van der Waals surface area (Å²) in [6.07, 6.45) is 0. The van der Waals surface area contributed by atoms with Gasteiger partial charge in [0, 0.05) is 30.5 Å². The van der Waals surface area contributed by atoms with Crippen molar-refractivity contribution < 1.29 is 19.2 Å². The average Bonchev–Trinajstić information content (AvgIpc) is 2.53. The minimum absolute atomic E-state index is 0.0974. The van der Waals surface area contributed by atoms with Crippen LogP contribution in [0.25, 0.3) is 0 Å². The van der Waals surface area contributed by atoms with Crippen molar-refractivity contribution in [2.75, 3.05) is 10.6 Å². The number of carbonyl (C=O) groups is 4. The van der Waals surface area contributed by atoms with Crippen LogP contribution < -0.4 is 10.6 Å². The van der Waals surface area contributed by atoms with Crippen molar-refractivity contribution in [3.63, 3.8) is 0 Å². The van der Waals surface area contributed by atoms with Gasteiger partial charge in [-0.3, -0.25) is 19.2 Å². The van der Waals surface area contributed by atoms with Crippen LogP contribution in [0.4, 0.5) is 11.4 Å². The molecule has 1 aliphatic rings. The molecule has 0 aromatic heterocycles. The van der Waals surface area contributed by atoms with E-state index in [1.807, 2.05) is 0 Å². The van der Waals surface area contributed by atoms with Crippen LogP contribution in [0.15, 0.2) is 36.4 Å². The van der Waals surface area contributed by atoms with E-state index < -0.39 is 5.91 Å². The quantitative estimate of drug-likeness (QED) is 0.757. The number of amides is 2. The third-order valence-corrected chi connectivity index (χ3v) is 3.71. The van der Waals surface area contributed by atoms with E-state index in [-0.39, 0.29) is 45.5 Å². The zero-order chi connectivity index (χ0) is 17.4. The van der Waals surface area contributed by atoms with E-state index in [4.69, 9.17) is 0 Å². The van der Waals surface area contributed by atoms with Crippen LogP contribution in [0.2, 0.25) is 0 Å². The molecular weight excluding hydrogens is 308 g/mol. The summed E-state index contributed by atoms with van der Waals surface area (Å²) in [7, 11) is 0. The van der Waals surface area contributed by atoms with Gasteiger partial charge in [-0.05, 0) is 12.1 Å². The van der Waals surface area contributed by atoms with Gasteiger partial charge in [0.25, 0.3) is 0 Å². The van der Waals surface area contributed by atoms with Crippen molar-refractivity contribution in [3.05, 3.63) is 58.7 Å². The molecule has 3 rings (SSSR count). The fraction of sp³-hybridized carbons (Fsp3) is 0.111. The molecule has 0 heterocycles. The van der Waals surface area contributed by atoms with Crippen molar-refractivity contribution in [3.8, 4) is 0 Å². The highest BCUT2D eigenvalue weighted by atomic mass is 16.2. The summed E-state index contributed by atoms with van der Waals surface area (Å²) < 4.78 is 0. The van der Waals surface area contributed by atoms with Gasteiger partial charge in [0.2, 0.25) is 11.8 Å². The molecule has 0 fully saturated rings. The summed E-state index contributed by atoms with van der Waals surface area (Å²) in [5.41, 5.74) is 1.33. The molecule has 120 valence electrons. The molecule has 2 aromatic carbocycles. The minimum Gasteiger partial charge on any atom is -0.325 e. The molecular formula is C18H14N2O4. The van der Waals surface area contributed by atoms with Gasteiger partial charge in [-0.1, -0.05) is 24.3 Å². The molecule has 24 heavy (non-hydrogen) atoms. The first-order valence-corrected chi connectivity index (χ1v) is 7.30. The number of hydrogen-bond acceptors (Lipinski definition) is 4. The molecule has 0 saturated carbocycles. The predicted molar refractivity (Wildman–Crippen MR) is 88.4 cm³/mol. The lowest BCUT2D eigenvalue weighted by molar-refractivity contribution is -0.115. The lowest BCUT2D eigenvalue weighted by Gasteiger charge is -2.22. The number of anilines is 2. The Morgan fingerprint density at radius 1 is 0.750 bits per heavy atom. The Morgan fingerprint density at radius 3 is 1.92 bits per heavy atom. The van der Waals surface area contributed by atoms with Gasteiger partial charge < -0.3 is 10.6 Å². The van der Waals surface area contributed by atoms with Gasteiger partial charge in [0.1, 0.15) is 0 Å². The molecule has 6 heteroatoms. The second-order valence-corrected chi connectivity index (χ2v) is 5.48. The van der Waals surface area contributed by atoms with E-state index in [9.17, 15) is 19.2 Å². The zero-order valence-corrected chi connectivity index (χ0v) is 13.1. The number of fused-ring (bicyclic) bond motifs is 2. The monoisotopic (exact) mass is 322 g/mol. The Kier molecular flexibility index (Phi) is 3.73. The van der Waals surface area contributed by atoms with Crippen molar-refractivity contribution in [2.24, 2.45) is 0 Å². The minimum atomic E-state index is -0.408. The number of hydrogen-bond donors (Lipinski definition) is 2. The highest BCUT2D eigenvalue weighted by Crippen LogP contribution is 2.36. The highest BCUT2D eigenvalue weighted by molar-refractivity contribution is 6.31. The van der Waals surface area contributed by atoms with Crippen LogP contribution in [0, 0.1) is 0 Å². The second kappa shape index (κ2) is 5.73. The van der Waals surface area contributed by atoms with E-state index in [0.29, 0.717) is 5.56 Å². The van der Waals surface area contributed by atoms with Crippen molar-refractivity contribution in [2.45, 2.75) is 13.8 Å². The molecule has 0 atom stereocenters. The standard InChI is InChI=1S/C18H14N2O4/c1-9(21)19-14-8-7-13-15(16(14)20-10(2)22)18(24)12-6-4-3-5-11(12)17(13)23/h3-8H,1-2H3,(H,19,21)(H,20,22). The highest BCUT2D eigenvalue weighted by Gasteiger charge is 2.33. The third-order valence-electron chi connectivity index (χ3n) is 3.71. The van der Waals surface area contributed by atoms with Crippen LogP contribution in [0.3, 0.4) is 0 Å². The summed E-state index contributed by atoms with van der Waals surface area (Å²) >= 11 is 0. The summed E-state index contributed by atoms with van der Waals surface area (Å²) in [5.74, 6) is -1.41. The maximum absolute atomic E-state index is 12.9. The normalized spacial score (nSPS) is 12.2.